The lowest BCUT2D eigenvalue weighted by molar-refractivity contribution is 0.179. The van der Waals surface area contributed by atoms with Crippen molar-refractivity contribution >= 4 is 43.2 Å². The summed E-state index contributed by atoms with van der Waals surface area (Å²) >= 11 is 8.43. The van der Waals surface area contributed by atoms with Crippen LogP contribution in [0, 0.1) is 0 Å². The van der Waals surface area contributed by atoms with Crippen LogP contribution < -0.4 is 0 Å². The number of hydrogen-bond acceptors (Lipinski definition) is 3. The number of halogens is 2. The number of aryl methyl sites for hydroxylation is 2. The summed E-state index contributed by atoms with van der Waals surface area (Å²) in [4.78, 5) is 0.952. The Morgan fingerprint density at radius 1 is 1.44 bits per heavy atom. The zero-order chi connectivity index (χ0) is 13.3. The van der Waals surface area contributed by atoms with E-state index in [4.69, 9.17) is 0 Å². The highest BCUT2D eigenvalue weighted by atomic mass is 79.9. The van der Waals surface area contributed by atoms with Crippen LogP contribution in [0.3, 0.4) is 0 Å². The van der Waals surface area contributed by atoms with Crippen molar-refractivity contribution in [3.63, 3.8) is 0 Å². The number of thiophene rings is 1. The third kappa shape index (κ3) is 3.04. The summed E-state index contributed by atoms with van der Waals surface area (Å²) in [5.41, 5.74) is 2.12. The highest BCUT2D eigenvalue weighted by molar-refractivity contribution is 9.13. The molecule has 1 atom stereocenters. The number of aliphatic hydroxyl groups excluding tert-OH is 1. The van der Waals surface area contributed by atoms with Gasteiger partial charge in [0.25, 0.3) is 0 Å². The van der Waals surface area contributed by atoms with E-state index in [2.05, 4.69) is 49.9 Å². The van der Waals surface area contributed by atoms with E-state index in [9.17, 15) is 5.11 Å². The first-order chi connectivity index (χ1) is 8.51. The summed E-state index contributed by atoms with van der Waals surface area (Å²) in [5, 5.41) is 14.6. The van der Waals surface area contributed by atoms with Crippen molar-refractivity contribution in [2.45, 2.75) is 25.9 Å². The van der Waals surface area contributed by atoms with Crippen molar-refractivity contribution in [2.24, 2.45) is 7.05 Å². The van der Waals surface area contributed by atoms with Crippen molar-refractivity contribution in [1.29, 1.82) is 0 Å². The minimum atomic E-state index is -0.488. The number of aliphatic hydroxyl groups is 1. The maximum atomic E-state index is 10.2. The van der Waals surface area contributed by atoms with Gasteiger partial charge in [0.2, 0.25) is 0 Å². The molecule has 0 aromatic carbocycles. The van der Waals surface area contributed by atoms with Crippen LogP contribution in [-0.2, 0) is 19.9 Å². The fourth-order valence-electron chi connectivity index (χ4n) is 1.76. The number of aromatic nitrogens is 2. The van der Waals surface area contributed by atoms with Crippen LogP contribution >= 0.6 is 43.2 Å². The molecule has 0 fully saturated rings. The summed E-state index contributed by atoms with van der Waals surface area (Å²) in [6.07, 6.45) is 1.01. The van der Waals surface area contributed by atoms with Crippen molar-refractivity contribution < 1.29 is 5.11 Å². The minimum Gasteiger partial charge on any atom is -0.387 e. The largest absolute Gasteiger partial charge is 0.387 e. The van der Waals surface area contributed by atoms with Crippen LogP contribution in [0.2, 0.25) is 0 Å². The molecule has 0 aliphatic carbocycles. The Hall–Kier alpha value is -0.170. The van der Waals surface area contributed by atoms with Crippen LogP contribution in [0.4, 0.5) is 0 Å². The third-order valence-electron chi connectivity index (χ3n) is 2.78. The number of hydrogen-bond donors (Lipinski definition) is 1. The van der Waals surface area contributed by atoms with Gasteiger partial charge in [0.05, 0.1) is 15.6 Å². The Morgan fingerprint density at radius 2 is 2.17 bits per heavy atom. The maximum Gasteiger partial charge on any atom is 0.0937 e. The molecule has 2 rings (SSSR count). The second kappa shape index (κ2) is 5.86. The normalized spacial score (nSPS) is 12.9. The van der Waals surface area contributed by atoms with E-state index in [0.29, 0.717) is 6.42 Å². The summed E-state index contributed by atoms with van der Waals surface area (Å²) in [6, 6.07) is 4.01. The van der Waals surface area contributed by atoms with Gasteiger partial charge in [-0.2, -0.15) is 5.10 Å². The second-order valence-corrected chi connectivity index (χ2v) is 7.35. The monoisotopic (exact) mass is 392 g/mol. The topological polar surface area (TPSA) is 38.0 Å². The Kier molecular flexibility index (Phi) is 4.64. The van der Waals surface area contributed by atoms with E-state index in [1.807, 2.05) is 17.8 Å². The first-order valence-corrected chi connectivity index (χ1v) is 8.06. The smallest absolute Gasteiger partial charge is 0.0937 e. The average molecular weight is 394 g/mol. The lowest BCUT2D eigenvalue weighted by atomic mass is 10.1. The highest BCUT2D eigenvalue weighted by Crippen LogP contribution is 2.36. The summed E-state index contributed by atoms with van der Waals surface area (Å²) in [5.74, 6) is 0. The van der Waals surface area contributed by atoms with Gasteiger partial charge in [-0.1, -0.05) is 6.92 Å². The van der Waals surface area contributed by atoms with Gasteiger partial charge in [0.1, 0.15) is 0 Å². The molecule has 0 saturated heterocycles. The molecule has 0 spiro atoms. The van der Waals surface area contributed by atoms with E-state index in [-0.39, 0.29) is 0 Å². The Bertz CT molecular complexity index is 531. The molecule has 2 aromatic rings. The van der Waals surface area contributed by atoms with Crippen molar-refractivity contribution in [2.75, 3.05) is 0 Å². The third-order valence-corrected chi connectivity index (χ3v) is 6.14. The molecule has 1 N–H and O–H groups in total. The quantitative estimate of drug-likeness (QED) is 0.856. The van der Waals surface area contributed by atoms with Gasteiger partial charge in [-0.15, -0.1) is 11.3 Å². The predicted octanol–water partition coefficient (Wildman–Crippen LogP) is 3.85. The standard InChI is InChI=1S/C12H14Br2N2OS/c1-3-7-4-8(16(2)15-7)5-10(17)11-6-9(13)12(14)18-11/h4,6,10,17H,3,5H2,1-2H3. The van der Waals surface area contributed by atoms with Gasteiger partial charge in [-0.05, 0) is 50.4 Å². The fourth-order valence-corrected chi connectivity index (χ4v) is 3.84. The molecule has 6 heteroatoms. The molecule has 98 valence electrons. The van der Waals surface area contributed by atoms with Crippen molar-refractivity contribution in [1.82, 2.24) is 9.78 Å². The second-order valence-electron chi connectivity index (χ2n) is 4.09. The molecule has 2 heterocycles. The zero-order valence-corrected chi connectivity index (χ0v) is 14.1. The maximum absolute atomic E-state index is 10.2. The zero-order valence-electron chi connectivity index (χ0n) is 10.2. The van der Waals surface area contributed by atoms with Gasteiger partial charge < -0.3 is 5.11 Å². The van der Waals surface area contributed by atoms with Crippen LogP contribution in [0.15, 0.2) is 20.4 Å². The van der Waals surface area contributed by atoms with Gasteiger partial charge in [-0.3, -0.25) is 4.68 Å². The fraction of sp³-hybridized carbons (Fsp3) is 0.417. The molecule has 0 amide bonds. The van der Waals surface area contributed by atoms with Crippen LogP contribution in [-0.4, -0.2) is 14.9 Å². The average Bonchev–Trinajstić information content (AvgIpc) is 2.84. The molecule has 0 radical (unpaired) electrons. The molecular formula is C12H14Br2N2OS. The molecule has 2 aromatic heterocycles. The SMILES string of the molecule is CCc1cc(CC(O)c2cc(Br)c(Br)s2)n(C)n1. The molecule has 0 aliphatic heterocycles. The van der Waals surface area contributed by atoms with Gasteiger partial charge in [-0.25, -0.2) is 0 Å². The molecule has 1 unspecified atom stereocenters. The van der Waals surface area contributed by atoms with Gasteiger partial charge in [0.15, 0.2) is 0 Å². The Morgan fingerprint density at radius 3 is 2.67 bits per heavy atom. The number of nitrogens with zero attached hydrogens (tertiary/aromatic N) is 2. The lowest BCUT2D eigenvalue weighted by Gasteiger charge is -2.08. The predicted molar refractivity (Wildman–Crippen MR) is 81.0 cm³/mol. The van der Waals surface area contributed by atoms with Crippen molar-refractivity contribution in [3.8, 4) is 0 Å². The lowest BCUT2D eigenvalue weighted by Crippen LogP contribution is -2.05. The summed E-state index contributed by atoms with van der Waals surface area (Å²) in [7, 11) is 1.92. The van der Waals surface area contributed by atoms with E-state index in [1.54, 1.807) is 11.3 Å². The highest BCUT2D eigenvalue weighted by Gasteiger charge is 2.16. The first-order valence-electron chi connectivity index (χ1n) is 5.65. The molecule has 0 saturated carbocycles. The molecule has 18 heavy (non-hydrogen) atoms. The van der Waals surface area contributed by atoms with Gasteiger partial charge in [0, 0.05) is 28.5 Å². The summed E-state index contributed by atoms with van der Waals surface area (Å²) < 4.78 is 3.84. The number of rotatable bonds is 4. The summed E-state index contributed by atoms with van der Waals surface area (Å²) in [6.45, 7) is 2.08. The Labute approximate surface area is 127 Å². The van der Waals surface area contributed by atoms with E-state index in [0.717, 1.165) is 30.9 Å². The van der Waals surface area contributed by atoms with E-state index in [1.165, 1.54) is 0 Å². The van der Waals surface area contributed by atoms with Crippen LogP contribution in [0.5, 0.6) is 0 Å². The van der Waals surface area contributed by atoms with E-state index >= 15 is 0 Å². The molecule has 0 aliphatic rings. The molecular weight excluding hydrogens is 380 g/mol. The van der Waals surface area contributed by atoms with Crippen LogP contribution in [0.1, 0.15) is 29.3 Å². The van der Waals surface area contributed by atoms with Gasteiger partial charge >= 0.3 is 0 Å². The first kappa shape index (κ1) is 14.2. The molecule has 3 nitrogen and oxygen atoms in total. The minimum absolute atomic E-state index is 0.488. The van der Waals surface area contributed by atoms with Crippen LogP contribution in [0.25, 0.3) is 0 Å². The Balaban J connectivity index is 2.15. The molecule has 0 bridgehead atoms. The van der Waals surface area contributed by atoms with E-state index < -0.39 is 6.10 Å². The van der Waals surface area contributed by atoms with Crippen molar-refractivity contribution in [3.05, 3.63) is 36.7 Å².